The van der Waals surface area contributed by atoms with Crippen molar-refractivity contribution in [3.8, 4) is 28.6 Å². The Morgan fingerprint density at radius 2 is 2.18 bits per heavy atom. The highest BCUT2D eigenvalue weighted by Crippen LogP contribution is 2.43. The number of benzene rings is 1. The third-order valence-corrected chi connectivity index (χ3v) is 5.77. The van der Waals surface area contributed by atoms with Crippen molar-refractivity contribution in [2.24, 2.45) is 5.92 Å². The molecule has 28 heavy (non-hydrogen) atoms. The van der Waals surface area contributed by atoms with E-state index in [0.717, 1.165) is 18.7 Å². The maximum absolute atomic E-state index is 14.6. The molecule has 2 bridgehead atoms. The van der Waals surface area contributed by atoms with Gasteiger partial charge in [0.05, 0.1) is 23.2 Å². The molecule has 0 amide bonds. The Kier molecular flexibility index (Phi) is 3.83. The van der Waals surface area contributed by atoms with E-state index in [-0.39, 0.29) is 11.7 Å². The number of nitrogens with zero attached hydrogens (tertiary/aromatic N) is 4. The van der Waals surface area contributed by atoms with Gasteiger partial charge in [0.1, 0.15) is 11.9 Å². The van der Waals surface area contributed by atoms with Gasteiger partial charge in [-0.2, -0.15) is 0 Å². The first kappa shape index (κ1) is 17.1. The van der Waals surface area contributed by atoms with Crippen molar-refractivity contribution in [3.63, 3.8) is 0 Å². The van der Waals surface area contributed by atoms with Crippen LogP contribution in [0.25, 0.3) is 16.9 Å². The van der Waals surface area contributed by atoms with Crippen molar-refractivity contribution in [1.82, 2.24) is 25.1 Å². The van der Waals surface area contributed by atoms with Crippen molar-refractivity contribution < 1.29 is 14.2 Å². The minimum atomic E-state index is -1.08. The van der Waals surface area contributed by atoms with Crippen molar-refractivity contribution in [2.45, 2.75) is 31.2 Å². The zero-order valence-corrected chi connectivity index (χ0v) is 15.3. The predicted octanol–water partition coefficient (Wildman–Crippen LogP) is 2.50. The number of hydrogen-bond donors (Lipinski definition) is 2. The summed E-state index contributed by atoms with van der Waals surface area (Å²) >= 11 is 0. The third-order valence-electron chi connectivity index (χ3n) is 5.77. The summed E-state index contributed by atoms with van der Waals surface area (Å²) in [7, 11) is 0. The molecule has 2 N–H and O–H groups in total. The molecule has 1 unspecified atom stereocenters. The summed E-state index contributed by atoms with van der Waals surface area (Å²) in [6.07, 6.45) is 4.31. The molecule has 0 radical (unpaired) electrons. The number of fused-ring (bicyclic) bond motifs is 2. The highest BCUT2D eigenvalue weighted by Gasteiger charge is 2.57. The van der Waals surface area contributed by atoms with Crippen LogP contribution in [0.2, 0.25) is 0 Å². The second-order valence-corrected chi connectivity index (χ2v) is 7.68. The lowest BCUT2D eigenvalue weighted by molar-refractivity contribution is 0.0407. The average Bonchev–Trinajstić information content (AvgIpc) is 3.41. The molecule has 144 valence electrons. The minimum absolute atomic E-state index is 0.0880. The van der Waals surface area contributed by atoms with Crippen molar-refractivity contribution in [2.75, 3.05) is 6.54 Å². The first-order valence-corrected chi connectivity index (χ1v) is 9.25. The standard InChI is InChI=1S/C20H20FN5O2/c1-20-9-12(10-23-20)18(19(20)21)28-17-5-4-15(24-25-17)14-3-2-13(8-16(14)27)26-7-6-22-11-26/h2-8,11-12,18-19,23,27H,9-10H2,1H3/t12?,18-,19+,20-/m1/s1. The van der Waals surface area contributed by atoms with E-state index in [4.69, 9.17) is 4.74 Å². The Morgan fingerprint density at radius 1 is 1.29 bits per heavy atom. The van der Waals surface area contributed by atoms with Gasteiger partial charge in [-0.15, -0.1) is 10.2 Å². The summed E-state index contributed by atoms with van der Waals surface area (Å²) < 4.78 is 22.2. The van der Waals surface area contributed by atoms with Crippen LogP contribution in [0.4, 0.5) is 4.39 Å². The molecule has 8 heteroatoms. The summed E-state index contributed by atoms with van der Waals surface area (Å²) in [5.41, 5.74) is 1.35. The minimum Gasteiger partial charge on any atom is -0.507 e. The van der Waals surface area contributed by atoms with Crippen molar-refractivity contribution in [1.29, 1.82) is 0 Å². The van der Waals surface area contributed by atoms with Crippen LogP contribution in [0.3, 0.4) is 0 Å². The quantitative estimate of drug-likeness (QED) is 0.722. The molecule has 1 saturated carbocycles. The number of phenols is 1. The first-order valence-electron chi connectivity index (χ1n) is 9.25. The number of hydrogen-bond acceptors (Lipinski definition) is 6. The topological polar surface area (TPSA) is 85.1 Å². The molecule has 2 fully saturated rings. The number of halogens is 1. The molecule has 3 heterocycles. The van der Waals surface area contributed by atoms with Gasteiger partial charge >= 0.3 is 0 Å². The summed E-state index contributed by atoms with van der Waals surface area (Å²) in [6.45, 7) is 2.65. The Hall–Kier alpha value is -3.00. The molecule has 3 aromatic rings. The Bertz CT molecular complexity index is 994. The SMILES string of the molecule is C[C@]12CC(CN1)[C@@H](Oc1ccc(-c3ccc(-n4ccnc4)cc3O)nn1)[C@@H]2F. The lowest BCUT2D eigenvalue weighted by atomic mass is 9.99. The van der Waals surface area contributed by atoms with Crippen LogP contribution in [0, 0.1) is 5.92 Å². The van der Waals surface area contributed by atoms with Gasteiger partial charge in [0.25, 0.3) is 0 Å². The molecule has 1 aliphatic heterocycles. The smallest absolute Gasteiger partial charge is 0.233 e. The van der Waals surface area contributed by atoms with E-state index < -0.39 is 17.8 Å². The van der Waals surface area contributed by atoms with E-state index >= 15 is 0 Å². The fraction of sp³-hybridized carbons (Fsp3) is 0.350. The zero-order chi connectivity index (χ0) is 19.3. The highest BCUT2D eigenvalue weighted by atomic mass is 19.1. The Morgan fingerprint density at radius 3 is 2.82 bits per heavy atom. The first-order chi connectivity index (χ1) is 13.5. The molecule has 1 aliphatic carbocycles. The van der Waals surface area contributed by atoms with Gasteiger partial charge in [-0.05, 0) is 31.5 Å². The van der Waals surface area contributed by atoms with Crippen LogP contribution >= 0.6 is 0 Å². The van der Waals surface area contributed by atoms with E-state index in [0.29, 0.717) is 17.1 Å². The second-order valence-electron chi connectivity index (χ2n) is 7.68. The molecular formula is C20H20FN5O2. The van der Waals surface area contributed by atoms with Gasteiger partial charge in [-0.1, -0.05) is 0 Å². The number of ether oxygens (including phenoxy) is 1. The lowest BCUT2D eigenvalue weighted by Crippen LogP contribution is -2.53. The van der Waals surface area contributed by atoms with Gasteiger partial charge in [-0.3, -0.25) is 0 Å². The monoisotopic (exact) mass is 381 g/mol. The van der Waals surface area contributed by atoms with Crippen LogP contribution in [0.5, 0.6) is 11.6 Å². The number of aromatic hydroxyl groups is 1. The van der Waals surface area contributed by atoms with E-state index in [1.54, 1.807) is 47.6 Å². The molecule has 1 aromatic carbocycles. The number of rotatable bonds is 4. The molecule has 7 nitrogen and oxygen atoms in total. The normalized spacial score (nSPS) is 28.6. The van der Waals surface area contributed by atoms with Gasteiger partial charge in [0, 0.05) is 42.6 Å². The molecule has 2 aromatic heterocycles. The maximum atomic E-state index is 14.6. The van der Waals surface area contributed by atoms with Crippen LogP contribution in [0.15, 0.2) is 49.1 Å². The third kappa shape index (κ3) is 2.72. The largest absolute Gasteiger partial charge is 0.507 e. The van der Waals surface area contributed by atoms with Crippen LogP contribution in [-0.4, -0.2) is 49.2 Å². The molecule has 4 atom stereocenters. The van der Waals surface area contributed by atoms with Crippen LogP contribution < -0.4 is 10.1 Å². The molecular weight excluding hydrogens is 361 g/mol. The van der Waals surface area contributed by atoms with Crippen LogP contribution in [-0.2, 0) is 0 Å². The zero-order valence-electron chi connectivity index (χ0n) is 15.3. The number of nitrogens with one attached hydrogen (secondary N) is 1. The average molecular weight is 381 g/mol. The lowest BCUT2D eigenvalue weighted by Gasteiger charge is -2.32. The fourth-order valence-electron chi connectivity index (χ4n) is 4.23. The predicted molar refractivity (Wildman–Crippen MR) is 100 cm³/mol. The number of aromatic nitrogens is 4. The summed E-state index contributed by atoms with van der Waals surface area (Å²) in [6, 6.07) is 8.66. The van der Waals surface area contributed by atoms with E-state index in [1.807, 2.05) is 13.0 Å². The molecule has 2 aliphatic rings. The van der Waals surface area contributed by atoms with Crippen molar-refractivity contribution in [3.05, 3.63) is 49.1 Å². The Balaban J connectivity index is 1.34. The summed E-state index contributed by atoms with van der Waals surface area (Å²) in [5.74, 6) is 0.522. The molecule has 5 rings (SSSR count). The second kappa shape index (κ2) is 6.27. The van der Waals surface area contributed by atoms with E-state index in [2.05, 4.69) is 20.5 Å². The number of piperidine rings is 1. The van der Waals surface area contributed by atoms with Gasteiger partial charge in [-0.25, -0.2) is 9.37 Å². The molecule has 1 saturated heterocycles. The number of imidazole rings is 1. The van der Waals surface area contributed by atoms with E-state index in [9.17, 15) is 9.50 Å². The van der Waals surface area contributed by atoms with Crippen molar-refractivity contribution >= 4 is 0 Å². The number of phenolic OH excluding ortho intramolecular Hbond substituents is 1. The summed E-state index contributed by atoms with van der Waals surface area (Å²) in [5, 5.41) is 21.9. The summed E-state index contributed by atoms with van der Waals surface area (Å²) in [4.78, 5) is 4.00. The molecule has 0 spiro atoms. The van der Waals surface area contributed by atoms with Gasteiger partial charge in [0.2, 0.25) is 5.88 Å². The number of alkyl halides is 1. The van der Waals surface area contributed by atoms with E-state index in [1.165, 1.54) is 0 Å². The highest BCUT2D eigenvalue weighted by molar-refractivity contribution is 5.68. The van der Waals surface area contributed by atoms with Gasteiger partial charge < -0.3 is 19.7 Å². The Labute approximate surface area is 161 Å². The van der Waals surface area contributed by atoms with Gasteiger partial charge in [0.15, 0.2) is 6.17 Å². The maximum Gasteiger partial charge on any atom is 0.233 e. The fourth-order valence-corrected chi connectivity index (χ4v) is 4.23. The van der Waals surface area contributed by atoms with Crippen LogP contribution in [0.1, 0.15) is 13.3 Å².